The molecule has 2 rings (SSSR count). The molecule has 34 heavy (non-hydrogen) atoms. The summed E-state index contributed by atoms with van der Waals surface area (Å²) in [5, 5.41) is 9.47. The number of ether oxygens (including phenoxy) is 1. The molecule has 0 spiro atoms. The van der Waals surface area contributed by atoms with Crippen molar-refractivity contribution >= 4 is 39.5 Å². The Bertz CT molecular complexity index is 1020. The van der Waals surface area contributed by atoms with Crippen molar-refractivity contribution in [2.75, 3.05) is 39.5 Å². The van der Waals surface area contributed by atoms with E-state index in [1.54, 1.807) is 38.1 Å². The Hall–Kier alpha value is -2.41. The van der Waals surface area contributed by atoms with Crippen molar-refractivity contribution in [3.05, 3.63) is 29.3 Å². The standard InChI is InChI=1S/C21H31ClN4O7S/c1-21(2)19(28)26(20(29)25(21)4)11-7-8-15(18(27)23-30)14-34(31,32)24(3)12-13-33-17-10-6-5-9-16(17)22/h5-6,9-10,15,30H,7-8,11-14H2,1-4H3,(H,23,27). The van der Waals surface area contributed by atoms with Crippen LogP contribution >= 0.6 is 11.6 Å². The lowest BCUT2D eigenvalue weighted by Gasteiger charge is -2.22. The van der Waals surface area contributed by atoms with E-state index in [1.165, 1.54) is 24.5 Å². The smallest absolute Gasteiger partial charge is 0.327 e. The number of sulfonamides is 1. The third-order valence-corrected chi connectivity index (χ3v) is 8.20. The molecule has 1 aromatic rings. The molecular formula is C21H31ClN4O7S. The van der Waals surface area contributed by atoms with Crippen molar-refractivity contribution < 1.29 is 32.7 Å². The van der Waals surface area contributed by atoms with E-state index in [1.807, 2.05) is 0 Å². The van der Waals surface area contributed by atoms with Crippen LogP contribution in [0.4, 0.5) is 4.79 Å². The van der Waals surface area contributed by atoms with Crippen LogP contribution in [0.25, 0.3) is 0 Å². The van der Waals surface area contributed by atoms with E-state index in [9.17, 15) is 22.8 Å². The van der Waals surface area contributed by atoms with Gasteiger partial charge in [-0.2, -0.15) is 0 Å². The number of rotatable bonds is 12. The van der Waals surface area contributed by atoms with Gasteiger partial charge in [0.15, 0.2) is 0 Å². The topological polar surface area (TPSA) is 137 Å². The molecule has 1 unspecified atom stereocenters. The first-order valence-corrected chi connectivity index (χ1v) is 12.7. The highest BCUT2D eigenvalue weighted by atomic mass is 35.5. The Morgan fingerprint density at radius 2 is 1.94 bits per heavy atom. The Labute approximate surface area is 204 Å². The van der Waals surface area contributed by atoms with E-state index in [0.717, 1.165) is 9.21 Å². The monoisotopic (exact) mass is 518 g/mol. The van der Waals surface area contributed by atoms with E-state index in [4.69, 9.17) is 21.5 Å². The minimum absolute atomic E-state index is 0.0131. The van der Waals surface area contributed by atoms with Gasteiger partial charge in [-0.05, 0) is 38.8 Å². The van der Waals surface area contributed by atoms with Gasteiger partial charge in [0.1, 0.15) is 17.9 Å². The molecule has 0 saturated carbocycles. The van der Waals surface area contributed by atoms with E-state index in [-0.39, 0.29) is 38.4 Å². The van der Waals surface area contributed by atoms with Gasteiger partial charge >= 0.3 is 6.03 Å². The second kappa shape index (κ2) is 11.3. The van der Waals surface area contributed by atoms with Gasteiger partial charge in [-0.25, -0.2) is 23.0 Å². The SMILES string of the molecule is CN1C(=O)N(CCCC(CS(=O)(=O)N(C)CCOc2ccccc2Cl)C(=O)NO)C(=O)C1(C)C. The van der Waals surface area contributed by atoms with Crippen LogP contribution < -0.4 is 10.2 Å². The van der Waals surface area contributed by atoms with Crippen LogP contribution in [0.5, 0.6) is 5.75 Å². The maximum atomic E-state index is 12.8. The van der Waals surface area contributed by atoms with Gasteiger partial charge in [-0.15, -0.1) is 0 Å². The van der Waals surface area contributed by atoms with E-state index >= 15 is 0 Å². The van der Waals surface area contributed by atoms with Crippen molar-refractivity contribution in [3.8, 4) is 5.75 Å². The first-order valence-electron chi connectivity index (χ1n) is 10.7. The summed E-state index contributed by atoms with van der Waals surface area (Å²) in [5.74, 6) is -2.45. The lowest BCUT2D eigenvalue weighted by Crippen LogP contribution is -2.41. The van der Waals surface area contributed by atoms with Gasteiger partial charge in [0, 0.05) is 27.2 Å². The summed E-state index contributed by atoms with van der Waals surface area (Å²) in [6.45, 7) is 3.35. The molecule has 0 bridgehead atoms. The Morgan fingerprint density at radius 3 is 2.50 bits per heavy atom. The second-order valence-corrected chi connectivity index (χ2v) is 11.1. The molecule has 11 nitrogen and oxygen atoms in total. The van der Waals surface area contributed by atoms with Gasteiger partial charge in [0.2, 0.25) is 15.9 Å². The third kappa shape index (κ3) is 6.38. The summed E-state index contributed by atoms with van der Waals surface area (Å²) in [6.07, 6.45) is 0.227. The Kier molecular flexibility index (Phi) is 9.29. The predicted molar refractivity (Wildman–Crippen MR) is 125 cm³/mol. The highest BCUT2D eigenvalue weighted by molar-refractivity contribution is 7.89. The molecule has 1 aliphatic rings. The fourth-order valence-corrected chi connectivity index (χ4v) is 5.05. The van der Waals surface area contributed by atoms with Gasteiger partial charge in [0.05, 0.1) is 16.7 Å². The minimum Gasteiger partial charge on any atom is -0.491 e. The molecule has 190 valence electrons. The summed E-state index contributed by atoms with van der Waals surface area (Å²) < 4.78 is 32.1. The van der Waals surface area contributed by atoms with Crippen molar-refractivity contribution in [1.29, 1.82) is 0 Å². The molecule has 1 atom stereocenters. The zero-order chi connectivity index (χ0) is 25.7. The molecule has 2 N–H and O–H groups in total. The van der Waals surface area contributed by atoms with E-state index in [0.29, 0.717) is 10.8 Å². The molecule has 1 aliphatic heterocycles. The summed E-state index contributed by atoms with van der Waals surface area (Å²) in [5.41, 5.74) is 0.522. The van der Waals surface area contributed by atoms with Crippen LogP contribution in [0.3, 0.4) is 0 Å². The third-order valence-electron chi connectivity index (χ3n) is 5.93. The van der Waals surface area contributed by atoms with Gasteiger partial charge in [-0.1, -0.05) is 23.7 Å². The number of hydroxylamine groups is 1. The fourth-order valence-electron chi connectivity index (χ4n) is 3.42. The Morgan fingerprint density at radius 1 is 1.29 bits per heavy atom. The number of amides is 4. The number of nitrogens with one attached hydrogen (secondary N) is 1. The minimum atomic E-state index is -3.88. The summed E-state index contributed by atoms with van der Waals surface area (Å²) in [7, 11) is -0.997. The number of nitrogens with zero attached hydrogens (tertiary/aromatic N) is 3. The van der Waals surface area contributed by atoms with Crippen LogP contribution in [-0.2, 0) is 19.6 Å². The molecule has 0 aromatic heterocycles. The number of carbonyl (C=O) groups is 3. The normalized spacial score (nSPS) is 16.8. The first kappa shape index (κ1) is 27.8. The van der Waals surface area contributed by atoms with Gasteiger partial charge < -0.3 is 9.64 Å². The Balaban J connectivity index is 1.94. The lowest BCUT2D eigenvalue weighted by molar-refractivity contribution is -0.133. The van der Waals surface area contributed by atoms with Crippen molar-refractivity contribution in [2.24, 2.45) is 5.92 Å². The van der Waals surface area contributed by atoms with E-state index in [2.05, 4.69) is 0 Å². The van der Waals surface area contributed by atoms with Crippen molar-refractivity contribution in [1.82, 2.24) is 19.6 Å². The van der Waals surface area contributed by atoms with Crippen molar-refractivity contribution in [3.63, 3.8) is 0 Å². The number of benzene rings is 1. The predicted octanol–water partition coefficient (Wildman–Crippen LogP) is 1.55. The maximum absolute atomic E-state index is 12.8. The lowest BCUT2D eigenvalue weighted by atomic mass is 10.0. The van der Waals surface area contributed by atoms with Crippen LogP contribution in [0.15, 0.2) is 24.3 Å². The maximum Gasteiger partial charge on any atom is 0.327 e. The van der Waals surface area contributed by atoms with Crippen LogP contribution in [0.1, 0.15) is 26.7 Å². The zero-order valence-electron chi connectivity index (χ0n) is 19.7. The van der Waals surface area contributed by atoms with Crippen molar-refractivity contribution in [2.45, 2.75) is 32.2 Å². The van der Waals surface area contributed by atoms with Gasteiger partial charge in [-0.3, -0.25) is 19.7 Å². The molecular weight excluding hydrogens is 488 g/mol. The van der Waals surface area contributed by atoms with Crippen LogP contribution in [0, 0.1) is 5.92 Å². The molecule has 0 radical (unpaired) electrons. The summed E-state index contributed by atoms with van der Waals surface area (Å²) in [6, 6.07) is 6.34. The van der Waals surface area contributed by atoms with Crippen LogP contribution in [0.2, 0.25) is 5.02 Å². The molecule has 1 aromatic carbocycles. The molecule has 1 fully saturated rings. The summed E-state index contributed by atoms with van der Waals surface area (Å²) in [4.78, 5) is 39.3. The number of carbonyl (C=O) groups excluding carboxylic acids is 3. The molecule has 1 saturated heterocycles. The molecule has 0 aliphatic carbocycles. The van der Waals surface area contributed by atoms with Gasteiger partial charge in [0.25, 0.3) is 5.91 Å². The zero-order valence-corrected chi connectivity index (χ0v) is 21.2. The number of hydrogen-bond acceptors (Lipinski definition) is 7. The number of urea groups is 1. The molecule has 4 amide bonds. The highest BCUT2D eigenvalue weighted by Gasteiger charge is 2.48. The number of likely N-dealkylation sites (N-methyl/N-ethyl adjacent to an activating group) is 2. The molecule has 13 heteroatoms. The second-order valence-electron chi connectivity index (χ2n) is 8.55. The number of imide groups is 1. The van der Waals surface area contributed by atoms with E-state index < -0.39 is 39.2 Å². The molecule has 1 heterocycles. The number of halogens is 1. The summed E-state index contributed by atoms with van der Waals surface area (Å²) >= 11 is 6.01. The number of para-hydroxylation sites is 1. The highest BCUT2D eigenvalue weighted by Crippen LogP contribution is 2.26. The quantitative estimate of drug-likeness (QED) is 0.243. The first-order chi connectivity index (χ1) is 15.8. The average molecular weight is 519 g/mol. The number of hydrogen-bond donors (Lipinski definition) is 2. The largest absolute Gasteiger partial charge is 0.491 e. The fraction of sp³-hybridized carbons (Fsp3) is 0.571. The average Bonchev–Trinajstić information content (AvgIpc) is 2.93. The van der Waals surface area contributed by atoms with Crippen LogP contribution in [-0.4, -0.2) is 90.7 Å².